The summed E-state index contributed by atoms with van der Waals surface area (Å²) >= 11 is 1.54. The molecule has 1 atom stereocenters. The number of carbonyl (C=O) groups is 1. The largest absolute Gasteiger partial charge is 0.384 e. The van der Waals surface area contributed by atoms with Crippen molar-refractivity contribution in [3.63, 3.8) is 0 Å². The Balaban J connectivity index is 0.00000392. The zero-order valence-electron chi connectivity index (χ0n) is 16.5. The highest BCUT2D eigenvalue weighted by Crippen LogP contribution is 2.21. The van der Waals surface area contributed by atoms with Crippen LogP contribution in [-0.4, -0.2) is 36.6 Å². The number of carbonyl (C=O) groups excluding carboxylic acids is 1. The van der Waals surface area contributed by atoms with E-state index in [1.54, 1.807) is 18.3 Å². The number of aliphatic imine (C=N–C) groups is 1. The van der Waals surface area contributed by atoms with E-state index in [9.17, 15) is 9.90 Å². The van der Waals surface area contributed by atoms with Crippen molar-refractivity contribution in [3.8, 4) is 0 Å². The van der Waals surface area contributed by atoms with Crippen LogP contribution in [0.5, 0.6) is 0 Å². The van der Waals surface area contributed by atoms with Crippen LogP contribution in [-0.2, 0) is 16.8 Å². The third-order valence-electron chi connectivity index (χ3n) is 4.09. The summed E-state index contributed by atoms with van der Waals surface area (Å²) in [6.07, 6.45) is 0.917. The molecule has 1 aromatic heterocycles. The summed E-state index contributed by atoms with van der Waals surface area (Å²) in [4.78, 5) is 16.5. The number of aryl methyl sites for hydroxylation is 1. The molecular formula is C20H29IN4O2S. The molecule has 0 bridgehead atoms. The number of nitrogens with zero attached hydrogens (tertiary/aromatic N) is 1. The molecule has 2 rings (SSSR count). The van der Waals surface area contributed by atoms with E-state index >= 15 is 0 Å². The molecular weight excluding hydrogens is 487 g/mol. The minimum absolute atomic E-state index is 0. The van der Waals surface area contributed by atoms with E-state index in [0.29, 0.717) is 12.5 Å². The van der Waals surface area contributed by atoms with Gasteiger partial charge in [0.1, 0.15) is 12.1 Å². The van der Waals surface area contributed by atoms with Gasteiger partial charge in [-0.05, 0) is 60.4 Å². The van der Waals surface area contributed by atoms with Crippen LogP contribution in [0, 0.1) is 0 Å². The topological polar surface area (TPSA) is 85.8 Å². The second-order valence-electron chi connectivity index (χ2n) is 6.44. The summed E-state index contributed by atoms with van der Waals surface area (Å²) in [5.74, 6) is 0.301. The maximum atomic E-state index is 12.2. The molecule has 0 saturated heterocycles. The third kappa shape index (κ3) is 7.76. The zero-order valence-corrected chi connectivity index (χ0v) is 19.6. The van der Waals surface area contributed by atoms with E-state index < -0.39 is 5.60 Å². The summed E-state index contributed by atoms with van der Waals surface area (Å²) < 4.78 is 0. The standard InChI is InChI=1S/C20H28N4O2S.HI/c1-4-15-7-6-8-17(11-15)24-18(25)12-22-19(21-5-2)23-14-20(3,26)16-9-10-27-13-16;/h6-11,13,26H,4-5,12,14H2,1-3H3,(H,24,25)(H2,21,22,23);1H. The van der Waals surface area contributed by atoms with E-state index in [-0.39, 0.29) is 43.0 Å². The fraction of sp³-hybridized carbons (Fsp3) is 0.400. The molecule has 1 amide bonds. The van der Waals surface area contributed by atoms with Gasteiger partial charge >= 0.3 is 0 Å². The number of nitrogens with one attached hydrogen (secondary N) is 3. The number of halogens is 1. The molecule has 8 heteroatoms. The Morgan fingerprint density at radius 2 is 2.04 bits per heavy atom. The Morgan fingerprint density at radius 1 is 1.25 bits per heavy atom. The van der Waals surface area contributed by atoms with Crippen molar-refractivity contribution >= 4 is 52.9 Å². The van der Waals surface area contributed by atoms with Crippen LogP contribution in [0.15, 0.2) is 46.1 Å². The summed E-state index contributed by atoms with van der Waals surface area (Å²) in [5.41, 5.74) is 1.78. The molecule has 2 aromatic rings. The molecule has 1 unspecified atom stereocenters. The number of guanidine groups is 1. The molecule has 4 N–H and O–H groups in total. The molecule has 28 heavy (non-hydrogen) atoms. The Morgan fingerprint density at radius 3 is 2.68 bits per heavy atom. The Bertz CT molecular complexity index is 763. The Labute approximate surface area is 187 Å². The molecule has 0 aliphatic heterocycles. The van der Waals surface area contributed by atoms with Gasteiger partial charge in [0.2, 0.25) is 5.91 Å². The first-order chi connectivity index (χ1) is 12.9. The lowest BCUT2D eigenvalue weighted by molar-refractivity contribution is -0.114. The average Bonchev–Trinajstić information content (AvgIpc) is 3.20. The number of thiophene rings is 1. The molecule has 0 saturated carbocycles. The molecule has 6 nitrogen and oxygen atoms in total. The van der Waals surface area contributed by atoms with Gasteiger partial charge in [0.25, 0.3) is 0 Å². The summed E-state index contributed by atoms with van der Waals surface area (Å²) in [7, 11) is 0. The van der Waals surface area contributed by atoms with Crippen molar-refractivity contribution in [3.05, 3.63) is 52.2 Å². The maximum Gasteiger partial charge on any atom is 0.246 e. The second-order valence-corrected chi connectivity index (χ2v) is 7.22. The summed E-state index contributed by atoms with van der Waals surface area (Å²) in [6, 6.07) is 9.68. The van der Waals surface area contributed by atoms with Crippen LogP contribution in [0.1, 0.15) is 31.9 Å². The van der Waals surface area contributed by atoms with Crippen molar-refractivity contribution in [2.45, 2.75) is 32.8 Å². The van der Waals surface area contributed by atoms with Crippen LogP contribution in [0.4, 0.5) is 5.69 Å². The summed E-state index contributed by atoms with van der Waals surface area (Å²) in [6.45, 7) is 6.71. The lowest BCUT2D eigenvalue weighted by Crippen LogP contribution is -2.44. The van der Waals surface area contributed by atoms with Crippen molar-refractivity contribution in [1.82, 2.24) is 10.6 Å². The first-order valence-corrected chi connectivity index (χ1v) is 10.0. The first kappa shape index (κ1) is 24.4. The number of hydrogen-bond acceptors (Lipinski definition) is 4. The number of anilines is 1. The maximum absolute atomic E-state index is 12.2. The number of aliphatic hydroxyl groups is 1. The molecule has 0 aliphatic rings. The molecule has 0 radical (unpaired) electrons. The predicted molar refractivity (Wildman–Crippen MR) is 128 cm³/mol. The van der Waals surface area contributed by atoms with E-state index in [0.717, 1.165) is 17.7 Å². The zero-order chi connectivity index (χ0) is 19.7. The van der Waals surface area contributed by atoms with Crippen LogP contribution < -0.4 is 16.0 Å². The molecule has 0 fully saturated rings. The van der Waals surface area contributed by atoms with Crippen LogP contribution >= 0.6 is 35.3 Å². The smallest absolute Gasteiger partial charge is 0.246 e. The first-order valence-electron chi connectivity index (χ1n) is 9.10. The van der Waals surface area contributed by atoms with Crippen molar-refractivity contribution in [1.29, 1.82) is 0 Å². The number of amides is 1. The van der Waals surface area contributed by atoms with Gasteiger partial charge in [-0.15, -0.1) is 24.0 Å². The van der Waals surface area contributed by atoms with E-state index in [4.69, 9.17) is 0 Å². The number of benzene rings is 1. The van der Waals surface area contributed by atoms with Crippen molar-refractivity contribution < 1.29 is 9.90 Å². The van der Waals surface area contributed by atoms with Gasteiger partial charge in [-0.1, -0.05) is 19.1 Å². The van der Waals surface area contributed by atoms with Crippen molar-refractivity contribution in [2.75, 3.05) is 25.0 Å². The van der Waals surface area contributed by atoms with Crippen LogP contribution in [0.25, 0.3) is 0 Å². The van der Waals surface area contributed by atoms with Gasteiger partial charge in [-0.25, -0.2) is 4.99 Å². The molecule has 0 spiro atoms. The predicted octanol–water partition coefficient (Wildman–Crippen LogP) is 3.33. The van der Waals surface area contributed by atoms with Gasteiger partial charge in [-0.3, -0.25) is 4.79 Å². The van der Waals surface area contributed by atoms with E-state index in [1.807, 2.05) is 48.0 Å². The van der Waals surface area contributed by atoms with E-state index in [2.05, 4.69) is 27.9 Å². The minimum atomic E-state index is -1.01. The highest BCUT2D eigenvalue weighted by atomic mass is 127. The Hall–Kier alpha value is -1.65. The second kappa shape index (κ2) is 12.0. The minimum Gasteiger partial charge on any atom is -0.384 e. The quantitative estimate of drug-likeness (QED) is 0.247. The number of hydrogen-bond donors (Lipinski definition) is 4. The van der Waals surface area contributed by atoms with E-state index in [1.165, 1.54) is 5.56 Å². The highest BCUT2D eigenvalue weighted by molar-refractivity contribution is 14.0. The SMILES string of the molecule is CCNC(=NCC(=O)Nc1cccc(CC)c1)NCC(C)(O)c1ccsc1.I. The summed E-state index contributed by atoms with van der Waals surface area (Å²) in [5, 5.41) is 23.5. The monoisotopic (exact) mass is 516 g/mol. The average molecular weight is 516 g/mol. The third-order valence-corrected chi connectivity index (χ3v) is 4.77. The molecule has 1 heterocycles. The van der Waals surface area contributed by atoms with Gasteiger partial charge in [-0.2, -0.15) is 11.3 Å². The normalized spacial score (nSPS) is 13.2. The van der Waals surface area contributed by atoms with Crippen molar-refractivity contribution in [2.24, 2.45) is 4.99 Å². The fourth-order valence-corrected chi connectivity index (χ4v) is 3.27. The van der Waals surface area contributed by atoms with Gasteiger partial charge in [0, 0.05) is 12.2 Å². The van der Waals surface area contributed by atoms with Crippen LogP contribution in [0.2, 0.25) is 0 Å². The fourth-order valence-electron chi connectivity index (χ4n) is 2.49. The molecule has 154 valence electrons. The highest BCUT2D eigenvalue weighted by Gasteiger charge is 2.23. The number of rotatable bonds is 8. The van der Waals surface area contributed by atoms with Gasteiger partial charge in [0.05, 0.1) is 6.54 Å². The molecule has 1 aromatic carbocycles. The lowest BCUT2D eigenvalue weighted by atomic mass is 9.99. The van der Waals surface area contributed by atoms with Gasteiger partial charge in [0.15, 0.2) is 5.96 Å². The van der Waals surface area contributed by atoms with Gasteiger partial charge < -0.3 is 21.1 Å². The Kier molecular flexibility index (Phi) is 10.5. The molecule has 0 aliphatic carbocycles. The lowest BCUT2D eigenvalue weighted by Gasteiger charge is -2.24. The van der Waals surface area contributed by atoms with Crippen LogP contribution in [0.3, 0.4) is 0 Å².